The van der Waals surface area contributed by atoms with Crippen LogP contribution < -0.4 is 9.62 Å². The van der Waals surface area contributed by atoms with Crippen molar-refractivity contribution in [3.05, 3.63) is 65.6 Å². The van der Waals surface area contributed by atoms with Crippen molar-refractivity contribution in [2.75, 3.05) is 37.3 Å². The lowest BCUT2D eigenvalue weighted by Crippen LogP contribution is -2.46. The fourth-order valence-corrected chi connectivity index (χ4v) is 4.37. The number of alkyl halides is 3. The highest BCUT2D eigenvalue weighted by atomic mass is 32.2. The topological polar surface area (TPSA) is 129 Å². The number of hydrogen-bond donors (Lipinski definition) is 2. The standard InChI is InChI=1S/C23H23F3N6O4S/c1-37(35,36)30-22(34)20-2-3-21(29-28-20)32-6-4-31(5-7-32)14-15-8-16(10-18(9-15)23(24,25)26)17-11-19(33)13-27-12-17/h2-3,8-13,33H,4-7,14H2,1H3,(H,30,34). The minimum Gasteiger partial charge on any atom is -0.506 e. The molecule has 0 radical (unpaired) electrons. The van der Waals surface area contributed by atoms with Gasteiger partial charge in [-0.05, 0) is 47.5 Å². The zero-order valence-corrected chi connectivity index (χ0v) is 20.4. The van der Waals surface area contributed by atoms with Gasteiger partial charge in [0.15, 0.2) is 11.5 Å². The molecule has 1 saturated heterocycles. The van der Waals surface area contributed by atoms with Gasteiger partial charge in [0.1, 0.15) is 5.75 Å². The number of amides is 1. The summed E-state index contributed by atoms with van der Waals surface area (Å²) in [5.41, 5.74) is 0.238. The van der Waals surface area contributed by atoms with Crippen molar-refractivity contribution in [1.29, 1.82) is 0 Å². The molecule has 0 unspecified atom stereocenters. The molecule has 4 rings (SSSR count). The molecule has 1 amide bonds. The molecule has 3 aromatic rings. The summed E-state index contributed by atoms with van der Waals surface area (Å²) in [4.78, 5) is 19.7. The molecule has 1 aliphatic rings. The molecule has 1 aromatic carbocycles. The first-order chi connectivity index (χ1) is 17.4. The Bertz CT molecular complexity index is 1390. The van der Waals surface area contributed by atoms with Crippen LogP contribution in [0, 0.1) is 0 Å². The zero-order valence-electron chi connectivity index (χ0n) is 19.6. The summed E-state index contributed by atoms with van der Waals surface area (Å²) in [5.74, 6) is -0.527. The molecule has 14 heteroatoms. The number of anilines is 1. The Kier molecular flexibility index (Phi) is 7.32. The first-order valence-corrected chi connectivity index (χ1v) is 13.0. The third-order valence-corrected chi connectivity index (χ3v) is 6.20. The second-order valence-corrected chi connectivity index (χ2v) is 10.3. The molecule has 0 bridgehead atoms. The number of halogens is 3. The van der Waals surface area contributed by atoms with Gasteiger partial charge in [-0.25, -0.2) is 13.1 Å². The molecule has 196 valence electrons. The Hall–Kier alpha value is -3.78. The fourth-order valence-electron chi connectivity index (χ4n) is 3.93. The van der Waals surface area contributed by atoms with Crippen LogP contribution in [0.3, 0.4) is 0 Å². The first kappa shape index (κ1) is 26.3. The number of hydrogen-bond acceptors (Lipinski definition) is 9. The van der Waals surface area contributed by atoms with E-state index in [-0.39, 0.29) is 18.0 Å². The van der Waals surface area contributed by atoms with E-state index in [1.165, 1.54) is 24.5 Å². The smallest absolute Gasteiger partial charge is 0.416 e. The van der Waals surface area contributed by atoms with E-state index in [1.54, 1.807) is 12.1 Å². The lowest BCUT2D eigenvalue weighted by molar-refractivity contribution is -0.137. The van der Waals surface area contributed by atoms with E-state index < -0.39 is 27.7 Å². The molecule has 2 N–H and O–H groups in total. The quantitative estimate of drug-likeness (QED) is 0.488. The van der Waals surface area contributed by atoms with E-state index in [2.05, 4.69) is 15.2 Å². The van der Waals surface area contributed by atoms with Gasteiger partial charge in [-0.1, -0.05) is 0 Å². The van der Waals surface area contributed by atoms with E-state index in [0.717, 1.165) is 18.4 Å². The van der Waals surface area contributed by atoms with Crippen LogP contribution in [0.5, 0.6) is 5.75 Å². The minimum absolute atomic E-state index is 0.139. The summed E-state index contributed by atoms with van der Waals surface area (Å²) >= 11 is 0. The SMILES string of the molecule is CS(=O)(=O)NC(=O)c1ccc(N2CCN(Cc3cc(-c4cncc(O)c4)cc(C(F)(F)F)c3)CC2)nn1. The molecule has 2 aromatic heterocycles. The van der Waals surface area contributed by atoms with Crippen LogP contribution in [-0.4, -0.2) is 71.9 Å². The van der Waals surface area contributed by atoms with Gasteiger partial charge in [-0.2, -0.15) is 13.2 Å². The van der Waals surface area contributed by atoms with Crippen molar-refractivity contribution in [3.63, 3.8) is 0 Å². The highest BCUT2D eigenvalue weighted by Crippen LogP contribution is 2.34. The maximum absolute atomic E-state index is 13.6. The highest BCUT2D eigenvalue weighted by molar-refractivity contribution is 7.89. The lowest BCUT2D eigenvalue weighted by atomic mass is 10.00. The van der Waals surface area contributed by atoms with E-state index >= 15 is 0 Å². The van der Waals surface area contributed by atoms with Crippen molar-refractivity contribution in [3.8, 4) is 16.9 Å². The van der Waals surface area contributed by atoms with Crippen LogP contribution in [0.1, 0.15) is 21.6 Å². The predicted molar refractivity (Wildman–Crippen MR) is 128 cm³/mol. The van der Waals surface area contributed by atoms with Crippen LogP contribution in [0.25, 0.3) is 11.1 Å². The second kappa shape index (κ2) is 10.3. The highest BCUT2D eigenvalue weighted by Gasteiger charge is 2.31. The summed E-state index contributed by atoms with van der Waals surface area (Å²) in [6.45, 7) is 2.40. The largest absolute Gasteiger partial charge is 0.506 e. The summed E-state index contributed by atoms with van der Waals surface area (Å²) in [6.07, 6.45) is -1.07. The number of rotatable bonds is 6. The Morgan fingerprint density at radius 3 is 2.35 bits per heavy atom. The summed E-state index contributed by atoms with van der Waals surface area (Å²) in [5, 5.41) is 17.5. The Labute approximate surface area is 210 Å². The van der Waals surface area contributed by atoms with Gasteiger partial charge in [-0.3, -0.25) is 14.7 Å². The fraction of sp³-hybridized carbons (Fsp3) is 0.304. The van der Waals surface area contributed by atoms with Crippen molar-refractivity contribution >= 4 is 21.7 Å². The van der Waals surface area contributed by atoms with Crippen LogP contribution in [-0.2, 0) is 22.7 Å². The van der Waals surface area contributed by atoms with Gasteiger partial charge >= 0.3 is 6.18 Å². The second-order valence-electron chi connectivity index (χ2n) is 8.59. The number of aromatic hydroxyl groups is 1. The average Bonchev–Trinajstić information content (AvgIpc) is 2.83. The number of carbonyl (C=O) groups excluding carboxylic acids is 1. The van der Waals surface area contributed by atoms with E-state index in [0.29, 0.717) is 48.7 Å². The average molecular weight is 537 g/mol. The Morgan fingerprint density at radius 1 is 1.03 bits per heavy atom. The molecule has 0 aliphatic carbocycles. The molecular weight excluding hydrogens is 513 g/mol. The van der Waals surface area contributed by atoms with Gasteiger partial charge in [0.05, 0.1) is 18.0 Å². The van der Waals surface area contributed by atoms with Gasteiger partial charge in [-0.15, -0.1) is 10.2 Å². The van der Waals surface area contributed by atoms with Gasteiger partial charge < -0.3 is 10.0 Å². The molecule has 0 spiro atoms. The number of pyridine rings is 1. The number of aromatic nitrogens is 3. The Morgan fingerprint density at radius 2 is 1.76 bits per heavy atom. The van der Waals surface area contributed by atoms with E-state index in [1.807, 2.05) is 14.5 Å². The molecule has 1 fully saturated rings. The number of carbonyl (C=O) groups is 1. The molecule has 0 saturated carbocycles. The zero-order chi connectivity index (χ0) is 26.8. The van der Waals surface area contributed by atoms with Gasteiger partial charge in [0.2, 0.25) is 10.0 Å². The molecule has 0 atom stereocenters. The molecule has 1 aliphatic heterocycles. The minimum atomic E-state index is -4.53. The number of nitrogens with one attached hydrogen (secondary N) is 1. The lowest BCUT2D eigenvalue weighted by Gasteiger charge is -2.35. The third kappa shape index (κ3) is 6.92. The number of benzene rings is 1. The molecule has 3 heterocycles. The van der Waals surface area contributed by atoms with Crippen molar-refractivity contribution in [2.24, 2.45) is 0 Å². The van der Waals surface area contributed by atoms with E-state index in [9.17, 15) is 31.5 Å². The van der Waals surface area contributed by atoms with Gasteiger partial charge in [0, 0.05) is 44.5 Å². The maximum Gasteiger partial charge on any atom is 0.416 e. The van der Waals surface area contributed by atoms with Crippen molar-refractivity contribution in [1.82, 2.24) is 24.8 Å². The Balaban J connectivity index is 1.43. The van der Waals surface area contributed by atoms with E-state index in [4.69, 9.17) is 0 Å². The number of nitrogens with zero attached hydrogens (tertiary/aromatic N) is 5. The maximum atomic E-state index is 13.6. The summed E-state index contributed by atoms with van der Waals surface area (Å²) in [7, 11) is -3.73. The molecule has 10 nitrogen and oxygen atoms in total. The van der Waals surface area contributed by atoms with Crippen LogP contribution in [0.2, 0.25) is 0 Å². The summed E-state index contributed by atoms with van der Waals surface area (Å²) < 4.78 is 64.9. The number of sulfonamides is 1. The van der Waals surface area contributed by atoms with Gasteiger partial charge in [0.25, 0.3) is 5.91 Å². The molecule has 37 heavy (non-hydrogen) atoms. The predicted octanol–water partition coefficient (Wildman–Crippen LogP) is 2.27. The number of piperazine rings is 1. The van der Waals surface area contributed by atoms with Crippen molar-refractivity contribution < 1.29 is 31.5 Å². The normalized spacial score (nSPS) is 15.0. The van der Waals surface area contributed by atoms with Crippen molar-refractivity contribution in [2.45, 2.75) is 12.7 Å². The van der Waals surface area contributed by atoms with Crippen LogP contribution >= 0.6 is 0 Å². The third-order valence-electron chi connectivity index (χ3n) is 5.64. The monoisotopic (exact) mass is 536 g/mol. The molecular formula is C23H23F3N6O4S. The summed E-state index contributed by atoms with van der Waals surface area (Å²) in [6, 6.07) is 8.11. The van der Waals surface area contributed by atoms with Crippen LogP contribution in [0.15, 0.2) is 48.8 Å². The first-order valence-electron chi connectivity index (χ1n) is 11.1. The van der Waals surface area contributed by atoms with Crippen LogP contribution in [0.4, 0.5) is 19.0 Å².